The van der Waals surface area contributed by atoms with Gasteiger partial charge in [-0.05, 0) is 71.6 Å². The van der Waals surface area contributed by atoms with Crippen molar-refractivity contribution in [1.82, 2.24) is 0 Å². The zero-order valence-corrected chi connectivity index (χ0v) is 17.9. The maximum absolute atomic E-state index is 12.6. The lowest BCUT2D eigenvalue weighted by atomic mass is 9.90. The van der Waals surface area contributed by atoms with Crippen molar-refractivity contribution in [2.24, 2.45) is 0 Å². The fourth-order valence-electron chi connectivity index (χ4n) is 3.40. The number of carbonyl (C=O) groups is 1. The number of phenols is 1. The predicted octanol–water partition coefficient (Wildman–Crippen LogP) is 6.53. The summed E-state index contributed by atoms with van der Waals surface area (Å²) in [5.74, 6) is 0.504. The SMILES string of the molecule is CC(C)c1cc(/C=C(\C#N)C(=O)CCCCc2ccccc2)cc(C(C)C)c1O. The van der Waals surface area contributed by atoms with E-state index < -0.39 is 0 Å². The Hall–Kier alpha value is -2.86. The van der Waals surface area contributed by atoms with Crippen LogP contribution in [0.4, 0.5) is 0 Å². The summed E-state index contributed by atoms with van der Waals surface area (Å²) in [6, 6.07) is 16.0. The predicted molar refractivity (Wildman–Crippen MR) is 119 cm³/mol. The van der Waals surface area contributed by atoms with Gasteiger partial charge in [-0.1, -0.05) is 58.0 Å². The Morgan fingerprint density at radius 1 is 1.03 bits per heavy atom. The summed E-state index contributed by atoms with van der Waals surface area (Å²) in [6.45, 7) is 8.09. The maximum atomic E-state index is 12.6. The van der Waals surface area contributed by atoms with Gasteiger partial charge >= 0.3 is 0 Å². The molecule has 3 heteroatoms. The molecule has 0 aromatic heterocycles. The number of benzene rings is 2. The number of nitrogens with zero attached hydrogens (tertiary/aromatic N) is 1. The van der Waals surface area contributed by atoms with Crippen molar-refractivity contribution in [3.8, 4) is 11.8 Å². The number of hydrogen-bond acceptors (Lipinski definition) is 3. The highest BCUT2D eigenvalue weighted by Gasteiger charge is 2.16. The van der Waals surface area contributed by atoms with Crippen LogP contribution in [0.2, 0.25) is 0 Å². The minimum atomic E-state index is -0.120. The first-order valence-corrected chi connectivity index (χ1v) is 10.4. The lowest BCUT2D eigenvalue weighted by Gasteiger charge is -2.16. The summed E-state index contributed by atoms with van der Waals surface area (Å²) in [5.41, 5.74) is 3.93. The minimum Gasteiger partial charge on any atom is -0.507 e. The highest BCUT2D eigenvalue weighted by molar-refractivity contribution is 6.03. The summed E-state index contributed by atoms with van der Waals surface area (Å²) in [4.78, 5) is 12.6. The first-order chi connectivity index (χ1) is 13.8. The zero-order valence-electron chi connectivity index (χ0n) is 17.9. The molecule has 0 saturated carbocycles. The summed E-state index contributed by atoms with van der Waals surface area (Å²) in [5, 5.41) is 20.1. The second-order valence-electron chi connectivity index (χ2n) is 8.14. The van der Waals surface area contributed by atoms with E-state index in [1.165, 1.54) is 5.56 Å². The van der Waals surface area contributed by atoms with Crippen LogP contribution in [0.25, 0.3) is 6.08 Å². The van der Waals surface area contributed by atoms with Crippen LogP contribution >= 0.6 is 0 Å². The van der Waals surface area contributed by atoms with Crippen LogP contribution in [-0.2, 0) is 11.2 Å². The molecule has 152 valence electrons. The van der Waals surface area contributed by atoms with Gasteiger partial charge in [0.25, 0.3) is 0 Å². The molecule has 2 aromatic carbocycles. The van der Waals surface area contributed by atoms with E-state index in [0.29, 0.717) is 12.2 Å². The molecule has 0 unspecified atom stereocenters. The van der Waals surface area contributed by atoms with E-state index in [-0.39, 0.29) is 23.2 Å². The standard InChI is InChI=1S/C26H31NO2/c1-18(2)23-15-21(16-24(19(3)4)26(23)29)14-22(17-27)25(28)13-9-8-12-20-10-6-5-7-11-20/h5-7,10-11,14-16,18-19,29H,8-9,12-13H2,1-4H3/b22-14+. The molecule has 0 aliphatic heterocycles. The fourth-order valence-corrected chi connectivity index (χ4v) is 3.40. The molecule has 1 N–H and O–H groups in total. The normalized spacial score (nSPS) is 11.7. The molecule has 2 aromatic rings. The topological polar surface area (TPSA) is 61.1 Å². The van der Waals surface area contributed by atoms with Crippen molar-refractivity contribution >= 4 is 11.9 Å². The van der Waals surface area contributed by atoms with Crippen molar-refractivity contribution < 1.29 is 9.90 Å². The number of hydrogen-bond donors (Lipinski definition) is 1. The first kappa shape index (κ1) is 22.4. The number of carbonyl (C=O) groups excluding carboxylic acids is 1. The summed E-state index contributed by atoms with van der Waals surface area (Å²) >= 11 is 0. The second-order valence-corrected chi connectivity index (χ2v) is 8.14. The summed E-state index contributed by atoms with van der Waals surface area (Å²) < 4.78 is 0. The fraction of sp³-hybridized carbons (Fsp3) is 0.385. The lowest BCUT2D eigenvalue weighted by molar-refractivity contribution is -0.115. The number of phenolic OH excluding ortho intramolecular Hbond substituents is 1. The number of ketones is 1. The van der Waals surface area contributed by atoms with Gasteiger partial charge in [-0.25, -0.2) is 0 Å². The molecule has 0 atom stereocenters. The van der Waals surface area contributed by atoms with Gasteiger partial charge < -0.3 is 5.11 Å². The first-order valence-electron chi connectivity index (χ1n) is 10.4. The van der Waals surface area contributed by atoms with E-state index in [0.717, 1.165) is 36.0 Å². The van der Waals surface area contributed by atoms with Gasteiger partial charge in [0, 0.05) is 6.42 Å². The Kier molecular flexibility index (Phi) is 8.21. The molecule has 0 amide bonds. The molecule has 29 heavy (non-hydrogen) atoms. The Balaban J connectivity index is 2.12. The Morgan fingerprint density at radius 2 is 1.62 bits per heavy atom. The number of allylic oxidation sites excluding steroid dienone is 1. The lowest BCUT2D eigenvalue weighted by Crippen LogP contribution is -2.02. The second kappa shape index (κ2) is 10.6. The van der Waals surface area contributed by atoms with E-state index >= 15 is 0 Å². The third-order valence-electron chi connectivity index (χ3n) is 5.13. The van der Waals surface area contributed by atoms with Gasteiger partial charge in [0.2, 0.25) is 0 Å². The van der Waals surface area contributed by atoms with Crippen LogP contribution in [-0.4, -0.2) is 10.9 Å². The van der Waals surface area contributed by atoms with Crippen LogP contribution in [0.15, 0.2) is 48.0 Å². The van der Waals surface area contributed by atoms with E-state index in [9.17, 15) is 15.2 Å². The highest BCUT2D eigenvalue weighted by atomic mass is 16.3. The highest BCUT2D eigenvalue weighted by Crippen LogP contribution is 2.35. The smallest absolute Gasteiger partial charge is 0.173 e. The molecule has 0 spiro atoms. The molecular formula is C26H31NO2. The van der Waals surface area contributed by atoms with Crippen LogP contribution in [0, 0.1) is 11.3 Å². The van der Waals surface area contributed by atoms with Crippen molar-refractivity contribution in [2.75, 3.05) is 0 Å². The van der Waals surface area contributed by atoms with Gasteiger partial charge in [0.15, 0.2) is 5.78 Å². The Labute approximate surface area is 174 Å². The number of nitriles is 1. The van der Waals surface area contributed by atoms with Gasteiger partial charge in [-0.3, -0.25) is 4.79 Å². The van der Waals surface area contributed by atoms with Gasteiger partial charge in [-0.2, -0.15) is 5.26 Å². The average molecular weight is 390 g/mol. The monoisotopic (exact) mass is 389 g/mol. The third kappa shape index (κ3) is 6.32. The van der Waals surface area contributed by atoms with Gasteiger partial charge in [0.05, 0.1) is 5.57 Å². The van der Waals surface area contributed by atoms with Crippen molar-refractivity contribution in [3.63, 3.8) is 0 Å². The molecule has 0 aliphatic rings. The van der Waals surface area contributed by atoms with E-state index in [2.05, 4.69) is 18.2 Å². The van der Waals surface area contributed by atoms with Crippen LogP contribution in [0.3, 0.4) is 0 Å². The van der Waals surface area contributed by atoms with Crippen molar-refractivity contribution in [2.45, 2.75) is 65.2 Å². The molecule has 0 radical (unpaired) electrons. The number of Topliss-reactive ketones (excluding diaryl/α,β-unsaturated/α-hetero) is 1. The quantitative estimate of drug-likeness (QED) is 0.301. The molecule has 0 saturated heterocycles. The molecule has 0 heterocycles. The number of unbranched alkanes of at least 4 members (excludes halogenated alkanes) is 1. The molecule has 0 fully saturated rings. The Morgan fingerprint density at radius 3 is 2.14 bits per heavy atom. The van der Waals surface area contributed by atoms with E-state index in [1.54, 1.807) is 6.08 Å². The van der Waals surface area contributed by atoms with Crippen molar-refractivity contribution in [3.05, 3.63) is 70.3 Å². The van der Waals surface area contributed by atoms with Crippen LogP contribution < -0.4 is 0 Å². The zero-order chi connectivity index (χ0) is 21.4. The molecule has 3 nitrogen and oxygen atoms in total. The molecule has 2 rings (SSSR count). The molecule has 0 aliphatic carbocycles. The maximum Gasteiger partial charge on any atom is 0.173 e. The Bertz CT molecular complexity index is 873. The minimum absolute atomic E-state index is 0.120. The molecular weight excluding hydrogens is 358 g/mol. The largest absolute Gasteiger partial charge is 0.507 e. The third-order valence-corrected chi connectivity index (χ3v) is 5.13. The van der Waals surface area contributed by atoms with Crippen LogP contribution in [0.5, 0.6) is 5.75 Å². The van der Waals surface area contributed by atoms with Crippen molar-refractivity contribution in [1.29, 1.82) is 5.26 Å². The van der Waals surface area contributed by atoms with E-state index in [1.807, 2.05) is 58.0 Å². The number of rotatable bonds is 9. The average Bonchev–Trinajstić information content (AvgIpc) is 2.70. The molecule has 0 bridgehead atoms. The van der Waals surface area contributed by atoms with Crippen LogP contribution in [0.1, 0.15) is 81.0 Å². The summed E-state index contributed by atoms with van der Waals surface area (Å²) in [7, 11) is 0. The van der Waals surface area contributed by atoms with E-state index in [4.69, 9.17) is 0 Å². The summed E-state index contributed by atoms with van der Waals surface area (Å²) in [6.07, 6.45) is 4.65. The van der Waals surface area contributed by atoms with Gasteiger partial charge in [0.1, 0.15) is 11.8 Å². The van der Waals surface area contributed by atoms with Gasteiger partial charge in [-0.15, -0.1) is 0 Å². The number of aromatic hydroxyl groups is 1. The number of aryl methyl sites for hydroxylation is 1.